The van der Waals surface area contributed by atoms with Gasteiger partial charge in [0.05, 0.1) is 0 Å². The minimum Gasteiger partial charge on any atom is -0.313 e. The summed E-state index contributed by atoms with van der Waals surface area (Å²) in [5, 5.41) is 3.81. The normalized spacial score (nSPS) is 34.5. The van der Waals surface area contributed by atoms with Crippen LogP contribution < -0.4 is 5.32 Å². The van der Waals surface area contributed by atoms with Crippen LogP contribution in [-0.4, -0.2) is 12.6 Å². The molecule has 0 amide bonds. The molecule has 1 N–H and O–H groups in total. The van der Waals surface area contributed by atoms with Crippen molar-refractivity contribution in [3.63, 3.8) is 0 Å². The molecule has 0 saturated heterocycles. The second-order valence-electron chi connectivity index (χ2n) is 5.99. The van der Waals surface area contributed by atoms with Gasteiger partial charge in [0, 0.05) is 6.04 Å². The van der Waals surface area contributed by atoms with Crippen LogP contribution >= 0.6 is 0 Å². The van der Waals surface area contributed by atoms with Crippen LogP contribution in [0.4, 0.5) is 0 Å². The lowest BCUT2D eigenvalue weighted by molar-refractivity contribution is 0.267. The van der Waals surface area contributed by atoms with E-state index in [0.29, 0.717) is 5.41 Å². The van der Waals surface area contributed by atoms with Gasteiger partial charge in [-0.05, 0) is 50.0 Å². The standard InChI is InChI=1S/C14H25N/c1-14(2)10-6-9-13(14)15-11-12-7-4-3-5-8-12/h3-4,12-13,15H,5-11H2,1-2H3. The summed E-state index contributed by atoms with van der Waals surface area (Å²) in [5.41, 5.74) is 0.532. The maximum Gasteiger partial charge on any atom is 0.0118 e. The number of hydrogen-bond acceptors (Lipinski definition) is 1. The Morgan fingerprint density at radius 2 is 2.13 bits per heavy atom. The number of nitrogens with one attached hydrogen (secondary N) is 1. The Morgan fingerprint density at radius 1 is 1.27 bits per heavy atom. The van der Waals surface area contributed by atoms with Crippen LogP contribution in [0.25, 0.3) is 0 Å². The van der Waals surface area contributed by atoms with Gasteiger partial charge in [-0.3, -0.25) is 0 Å². The minimum absolute atomic E-state index is 0.532. The third-order valence-corrected chi connectivity index (χ3v) is 4.29. The topological polar surface area (TPSA) is 12.0 Å². The summed E-state index contributed by atoms with van der Waals surface area (Å²) in [5.74, 6) is 0.895. The van der Waals surface area contributed by atoms with E-state index in [1.54, 1.807) is 0 Å². The molecule has 2 atom stereocenters. The predicted molar refractivity (Wildman–Crippen MR) is 65.9 cm³/mol. The average Bonchev–Trinajstić information content (AvgIpc) is 2.56. The minimum atomic E-state index is 0.532. The second-order valence-corrected chi connectivity index (χ2v) is 5.99. The van der Waals surface area contributed by atoms with Crippen LogP contribution in [0.3, 0.4) is 0 Å². The van der Waals surface area contributed by atoms with E-state index >= 15 is 0 Å². The summed E-state index contributed by atoms with van der Waals surface area (Å²) in [6.45, 7) is 6.06. The summed E-state index contributed by atoms with van der Waals surface area (Å²) in [6.07, 6.45) is 12.9. The summed E-state index contributed by atoms with van der Waals surface area (Å²) >= 11 is 0. The number of rotatable bonds is 3. The van der Waals surface area contributed by atoms with E-state index in [-0.39, 0.29) is 0 Å². The fourth-order valence-corrected chi connectivity index (χ4v) is 3.06. The van der Waals surface area contributed by atoms with Crippen molar-refractivity contribution in [2.45, 2.75) is 58.4 Å². The molecular weight excluding hydrogens is 182 g/mol. The van der Waals surface area contributed by atoms with Crippen molar-refractivity contribution in [1.82, 2.24) is 5.32 Å². The SMILES string of the molecule is CC1(C)CCCC1NCC1CC=CCC1. The van der Waals surface area contributed by atoms with E-state index in [9.17, 15) is 0 Å². The molecule has 0 spiro atoms. The molecule has 2 aliphatic carbocycles. The molecule has 0 bridgehead atoms. The molecule has 0 aromatic rings. The zero-order chi connectivity index (χ0) is 10.7. The third-order valence-electron chi connectivity index (χ3n) is 4.29. The quantitative estimate of drug-likeness (QED) is 0.698. The smallest absolute Gasteiger partial charge is 0.0118 e. The van der Waals surface area contributed by atoms with Crippen molar-refractivity contribution >= 4 is 0 Å². The van der Waals surface area contributed by atoms with E-state index in [2.05, 4.69) is 31.3 Å². The molecule has 0 heterocycles. The van der Waals surface area contributed by atoms with Crippen LogP contribution in [0.15, 0.2) is 12.2 Å². The van der Waals surface area contributed by atoms with Crippen LogP contribution in [0.5, 0.6) is 0 Å². The molecule has 2 unspecified atom stereocenters. The highest BCUT2D eigenvalue weighted by atomic mass is 14.9. The maximum absolute atomic E-state index is 3.81. The fourth-order valence-electron chi connectivity index (χ4n) is 3.06. The molecule has 2 aliphatic rings. The summed E-state index contributed by atoms with van der Waals surface area (Å²) < 4.78 is 0. The lowest BCUT2D eigenvalue weighted by Gasteiger charge is -2.30. The van der Waals surface area contributed by atoms with Gasteiger partial charge in [-0.2, -0.15) is 0 Å². The van der Waals surface area contributed by atoms with E-state index in [0.717, 1.165) is 12.0 Å². The van der Waals surface area contributed by atoms with Crippen molar-refractivity contribution in [2.75, 3.05) is 6.54 Å². The Balaban J connectivity index is 1.75. The molecule has 0 radical (unpaired) electrons. The van der Waals surface area contributed by atoms with Crippen molar-refractivity contribution in [2.24, 2.45) is 11.3 Å². The zero-order valence-electron chi connectivity index (χ0n) is 10.3. The van der Waals surface area contributed by atoms with Crippen molar-refractivity contribution in [1.29, 1.82) is 0 Å². The van der Waals surface area contributed by atoms with Crippen molar-refractivity contribution < 1.29 is 0 Å². The predicted octanol–water partition coefficient (Wildman–Crippen LogP) is 3.51. The van der Waals surface area contributed by atoms with Crippen molar-refractivity contribution in [3.8, 4) is 0 Å². The highest BCUT2D eigenvalue weighted by molar-refractivity contribution is 4.93. The molecule has 86 valence electrons. The van der Waals surface area contributed by atoms with E-state index < -0.39 is 0 Å². The fraction of sp³-hybridized carbons (Fsp3) is 0.857. The molecular formula is C14H25N. The lowest BCUT2D eigenvalue weighted by Crippen LogP contribution is -2.40. The molecule has 0 aromatic carbocycles. The van der Waals surface area contributed by atoms with Gasteiger partial charge in [0.2, 0.25) is 0 Å². The van der Waals surface area contributed by atoms with Crippen LogP contribution in [0.1, 0.15) is 52.4 Å². The summed E-state index contributed by atoms with van der Waals surface area (Å²) in [6, 6.07) is 0.767. The van der Waals surface area contributed by atoms with Gasteiger partial charge in [0.25, 0.3) is 0 Å². The first-order valence-corrected chi connectivity index (χ1v) is 6.57. The van der Waals surface area contributed by atoms with Gasteiger partial charge >= 0.3 is 0 Å². The zero-order valence-corrected chi connectivity index (χ0v) is 10.3. The van der Waals surface area contributed by atoms with E-state index in [1.807, 2.05) is 0 Å². The molecule has 15 heavy (non-hydrogen) atoms. The van der Waals surface area contributed by atoms with Gasteiger partial charge in [-0.1, -0.05) is 32.4 Å². The summed E-state index contributed by atoms with van der Waals surface area (Å²) in [4.78, 5) is 0. The third kappa shape index (κ3) is 2.84. The largest absolute Gasteiger partial charge is 0.313 e. The Kier molecular flexibility index (Phi) is 3.50. The molecule has 0 aliphatic heterocycles. The lowest BCUT2D eigenvalue weighted by atomic mass is 9.86. The monoisotopic (exact) mass is 207 g/mol. The highest BCUT2D eigenvalue weighted by Gasteiger charge is 2.34. The molecule has 1 heteroatoms. The Hall–Kier alpha value is -0.300. The van der Waals surface area contributed by atoms with Gasteiger partial charge in [-0.15, -0.1) is 0 Å². The van der Waals surface area contributed by atoms with Crippen LogP contribution in [0.2, 0.25) is 0 Å². The first-order chi connectivity index (χ1) is 7.18. The van der Waals surface area contributed by atoms with Crippen LogP contribution in [0, 0.1) is 11.3 Å². The van der Waals surface area contributed by atoms with Crippen LogP contribution in [-0.2, 0) is 0 Å². The summed E-state index contributed by atoms with van der Waals surface area (Å²) in [7, 11) is 0. The molecule has 2 rings (SSSR count). The number of allylic oxidation sites excluding steroid dienone is 2. The highest BCUT2D eigenvalue weighted by Crippen LogP contribution is 2.37. The molecule has 1 nitrogen and oxygen atoms in total. The Morgan fingerprint density at radius 3 is 2.73 bits per heavy atom. The molecule has 1 fully saturated rings. The van der Waals surface area contributed by atoms with Gasteiger partial charge in [0.15, 0.2) is 0 Å². The Bertz CT molecular complexity index is 229. The first kappa shape index (κ1) is 11.2. The average molecular weight is 207 g/mol. The number of hydrogen-bond donors (Lipinski definition) is 1. The Labute approximate surface area is 94.3 Å². The maximum atomic E-state index is 3.81. The second kappa shape index (κ2) is 4.69. The van der Waals surface area contributed by atoms with E-state index in [1.165, 1.54) is 45.1 Å². The van der Waals surface area contributed by atoms with Gasteiger partial charge < -0.3 is 5.32 Å². The molecule has 0 aromatic heterocycles. The molecule has 1 saturated carbocycles. The van der Waals surface area contributed by atoms with Crippen molar-refractivity contribution in [3.05, 3.63) is 12.2 Å². The first-order valence-electron chi connectivity index (χ1n) is 6.57. The van der Waals surface area contributed by atoms with Gasteiger partial charge in [0.1, 0.15) is 0 Å². The van der Waals surface area contributed by atoms with Gasteiger partial charge in [-0.25, -0.2) is 0 Å². The van der Waals surface area contributed by atoms with E-state index in [4.69, 9.17) is 0 Å².